The molecule has 0 aliphatic carbocycles. The quantitative estimate of drug-likeness (QED) is 0.744. The van der Waals surface area contributed by atoms with E-state index in [0.717, 1.165) is 5.56 Å². The number of pyridine rings is 2. The van der Waals surface area contributed by atoms with Gasteiger partial charge in [0, 0.05) is 6.20 Å². The van der Waals surface area contributed by atoms with Gasteiger partial charge in [-0.3, -0.25) is 9.78 Å². The van der Waals surface area contributed by atoms with E-state index in [4.69, 9.17) is 5.26 Å². The minimum absolute atomic E-state index is 0.0594. The van der Waals surface area contributed by atoms with Crippen molar-refractivity contribution in [1.29, 1.82) is 10.5 Å². The van der Waals surface area contributed by atoms with Gasteiger partial charge in [0.25, 0.3) is 5.56 Å². The van der Waals surface area contributed by atoms with Crippen molar-refractivity contribution in [3.63, 3.8) is 0 Å². The molecule has 5 nitrogen and oxygen atoms in total. The largest absolute Gasteiger partial charge is 0.301 e. The second kappa shape index (κ2) is 6.60. The Balaban J connectivity index is 2.21. The lowest BCUT2D eigenvalue weighted by molar-refractivity contribution is 0.761. The Morgan fingerprint density at radius 3 is 2.38 bits per heavy atom. The van der Waals surface area contributed by atoms with Crippen molar-refractivity contribution in [3.05, 3.63) is 87.8 Å². The summed E-state index contributed by atoms with van der Waals surface area (Å²) in [5.74, 6) is 0. The molecule has 0 fully saturated rings. The third-order valence-electron chi connectivity index (χ3n) is 3.69. The highest BCUT2D eigenvalue weighted by Gasteiger charge is 2.13. The Morgan fingerprint density at radius 1 is 0.917 bits per heavy atom. The number of hydrogen-bond donors (Lipinski definition) is 0. The van der Waals surface area contributed by atoms with Gasteiger partial charge < -0.3 is 4.57 Å². The van der Waals surface area contributed by atoms with Crippen molar-refractivity contribution < 1.29 is 0 Å². The summed E-state index contributed by atoms with van der Waals surface area (Å²) in [6.45, 7) is 0.198. The van der Waals surface area contributed by atoms with Crippen LogP contribution in [0.15, 0.2) is 65.6 Å². The average molecular weight is 312 g/mol. The summed E-state index contributed by atoms with van der Waals surface area (Å²) >= 11 is 0. The second-order valence-corrected chi connectivity index (χ2v) is 5.12. The highest BCUT2D eigenvalue weighted by atomic mass is 16.1. The van der Waals surface area contributed by atoms with Gasteiger partial charge in [0.15, 0.2) is 0 Å². The van der Waals surface area contributed by atoms with E-state index in [9.17, 15) is 10.1 Å². The molecule has 0 bridgehead atoms. The Labute approximate surface area is 138 Å². The predicted octanol–water partition coefficient (Wildman–Crippen LogP) is 2.70. The summed E-state index contributed by atoms with van der Waals surface area (Å²) in [6.07, 6.45) is 1.64. The molecular weight excluding hydrogens is 300 g/mol. The van der Waals surface area contributed by atoms with Crippen LogP contribution in [-0.2, 0) is 6.54 Å². The number of aromatic nitrogens is 2. The zero-order valence-electron chi connectivity index (χ0n) is 12.7. The van der Waals surface area contributed by atoms with Crippen LogP contribution in [0.5, 0.6) is 0 Å². The van der Waals surface area contributed by atoms with Crippen LogP contribution in [0.3, 0.4) is 0 Å². The Bertz CT molecular complexity index is 1020. The van der Waals surface area contributed by atoms with Gasteiger partial charge in [0.2, 0.25) is 0 Å². The SMILES string of the molecule is N#Cc1ccccc1Cn1c(-c2ccccn2)ccc(C#N)c1=O. The monoisotopic (exact) mass is 312 g/mol. The molecular formula is C19H12N4O. The first-order chi connectivity index (χ1) is 11.7. The van der Waals surface area contributed by atoms with Gasteiger partial charge in [-0.15, -0.1) is 0 Å². The molecule has 0 amide bonds. The van der Waals surface area contributed by atoms with Gasteiger partial charge in [0.05, 0.1) is 29.6 Å². The first kappa shape index (κ1) is 15.2. The summed E-state index contributed by atoms with van der Waals surface area (Å²) in [5, 5.41) is 18.4. The van der Waals surface area contributed by atoms with Crippen molar-refractivity contribution in [3.8, 4) is 23.5 Å². The van der Waals surface area contributed by atoms with Gasteiger partial charge in [-0.05, 0) is 35.9 Å². The van der Waals surface area contributed by atoms with E-state index in [0.29, 0.717) is 17.0 Å². The molecule has 0 saturated heterocycles. The summed E-state index contributed by atoms with van der Waals surface area (Å²) < 4.78 is 1.48. The zero-order chi connectivity index (χ0) is 16.9. The lowest BCUT2D eigenvalue weighted by Gasteiger charge is -2.13. The third kappa shape index (κ3) is 2.79. The zero-order valence-corrected chi connectivity index (χ0v) is 12.7. The van der Waals surface area contributed by atoms with Gasteiger partial charge in [-0.2, -0.15) is 10.5 Å². The maximum Gasteiger partial charge on any atom is 0.269 e. The van der Waals surface area contributed by atoms with Crippen molar-refractivity contribution in [1.82, 2.24) is 9.55 Å². The van der Waals surface area contributed by atoms with Crippen LogP contribution in [0.1, 0.15) is 16.7 Å². The average Bonchev–Trinajstić information content (AvgIpc) is 2.64. The number of benzene rings is 1. The number of nitriles is 2. The molecule has 0 aliphatic heterocycles. The van der Waals surface area contributed by atoms with E-state index >= 15 is 0 Å². The molecule has 0 spiro atoms. The highest BCUT2D eigenvalue weighted by molar-refractivity contribution is 5.56. The molecule has 24 heavy (non-hydrogen) atoms. The highest BCUT2D eigenvalue weighted by Crippen LogP contribution is 2.18. The van der Waals surface area contributed by atoms with E-state index in [1.807, 2.05) is 18.2 Å². The molecule has 0 unspecified atom stereocenters. The number of rotatable bonds is 3. The third-order valence-corrected chi connectivity index (χ3v) is 3.69. The number of nitrogens with zero attached hydrogens (tertiary/aromatic N) is 4. The minimum Gasteiger partial charge on any atom is -0.301 e. The van der Waals surface area contributed by atoms with Crippen LogP contribution in [-0.4, -0.2) is 9.55 Å². The molecule has 1 aromatic carbocycles. The maximum atomic E-state index is 12.6. The van der Waals surface area contributed by atoms with Gasteiger partial charge >= 0.3 is 0 Å². The molecule has 5 heteroatoms. The Kier molecular flexibility index (Phi) is 4.18. The van der Waals surface area contributed by atoms with Gasteiger partial charge in [-0.25, -0.2) is 0 Å². The maximum absolute atomic E-state index is 12.6. The van der Waals surface area contributed by atoms with Crippen LogP contribution in [0.4, 0.5) is 0 Å². The summed E-state index contributed by atoms with van der Waals surface area (Å²) in [6, 6.07) is 19.8. The lowest BCUT2D eigenvalue weighted by atomic mass is 10.1. The fraction of sp³-hybridized carbons (Fsp3) is 0.0526. The smallest absolute Gasteiger partial charge is 0.269 e. The van der Waals surface area contributed by atoms with E-state index in [-0.39, 0.29) is 12.1 Å². The van der Waals surface area contributed by atoms with Crippen LogP contribution >= 0.6 is 0 Å². The first-order valence-corrected chi connectivity index (χ1v) is 7.28. The fourth-order valence-corrected chi connectivity index (χ4v) is 2.50. The summed E-state index contributed by atoms with van der Waals surface area (Å²) in [5.41, 5.74) is 2.12. The van der Waals surface area contributed by atoms with Crippen LogP contribution in [0.2, 0.25) is 0 Å². The Morgan fingerprint density at radius 2 is 1.67 bits per heavy atom. The molecule has 3 rings (SSSR count). The van der Waals surface area contributed by atoms with Crippen molar-refractivity contribution in [2.24, 2.45) is 0 Å². The standard InChI is InChI=1S/C19H12N4O/c20-11-14-5-1-2-6-16(14)13-23-18(17-7-3-4-10-22-17)9-8-15(12-21)19(23)24/h1-10H,13H2. The van der Waals surface area contributed by atoms with E-state index in [1.165, 1.54) is 10.6 Å². The number of hydrogen-bond acceptors (Lipinski definition) is 4. The molecule has 2 heterocycles. The van der Waals surface area contributed by atoms with Crippen molar-refractivity contribution in [2.75, 3.05) is 0 Å². The second-order valence-electron chi connectivity index (χ2n) is 5.12. The van der Waals surface area contributed by atoms with Crippen LogP contribution < -0.4 is 5.56 Å². The topological polar surface area (TPSA) is 82.5 Å². The van der Waals surface area contributed by atoms with Crippen LogP contribution in [0.25, 0.3) is 11.4 Å². The molecule has 3 aromatic rings. The fourth-order valence-electron chi connectivity index (χ4n) is 2.50. The molecule has 0 saturated carbocycles. The molecule has 0 N–H and O–H groups in total. The lowest BCUT2D eigenvalue weighted by Crippen LogP contribution is -2.25. The van der Waals surface area contributed by atoms with Crippen molar-refractivity contribution >= 4 is 0 Å². The van der Waals surface area contributed by atoms with Crippen LogP contribution in [0, 0.1) is 22.7 Å². The Hall–Kier alpha value is -3.70. The molecule has 0 atom stereocenters. The molecule has 0 radical (unpaired) electrons. The summed E-state index contributed by atoms with van der Waals surface area (Å²) in [4.78, 5) is 16.9. The van der Waals surface area contributed by atoms with E-state index in [1.54, 1.807) is 42.6 Å². The summed E-state index contributed by atoms with van der Waals surface area (Å²) in [7, 11) is 0. The predicted molar refractivity (Wildman–Crippen MR) is 88.9 cm³/mol. The molecule has 0 aliphatic rings. The van der Waals surface area contributed by atoms with E-state index in [2.05, 4.69) is 11.1 Å². The first-order valence-electron chi connectivity index (χ1n) is 7.28. The van der Waals surface area contributed by atoms with Gasteiger partial charge in [-0.1, -0.05) is 24.3 Å². The minimum atomic E-state index is -0.395. The van der Waals surface area contributed by atoms with Gasteiger partial charge in [0.1, 0.15) is 11.6 Å². The normalized spacial score (nSPS) is 9.92. The molecule has 114 valence electrons. The molecule has 2 aromatic heterocycles. The van der Waals surface area contributed by atoms with Crippen molar-refractivity contribution in [2.45, 2.75) is 6.54 Å². The van der Waals surface area contributed by atoms with E-state index < -0.39 is 5.56 Å².